The average Bonchev–Trinajstić information content (AvgIpc) is 3.14. The minimum Gasteiger partial charge on any atom is -0.481 e. The van der Waals surface area contributed by atoms with Crippen LogP contribution >= 0.6 is 0 Å². The van der Waals surface area contributed by atoms with Gasteiger partial charge in [0, 0.05) is 13.5 Å². The van der Waals surface area contributed by atoms with E-state index in [4.69, 9.17) is 14.2 Å². The predicted molar refractivity (Wildman–Crippen MR) is 102 cm³/mol. The lowest BCUT2D eigenvalue weighted by Gasteiger charge is -2.35. The molecule has 1 fully saturated rings. The molecule has 7 heteroatoms. The highest BCUT2D eigenvalue weighted by Gasteiger charge is 2.49. The first-order chi connectivity index (χ1) is 13.4. The van der Waals surface area contributed by atoms with Gasteiger partial charge in [0.1, 0.15) is 0 Å². The van der Waals surface area contributed by atoms with Gasteiger partial charge in [0.05, 0.1) is 31.2 Å². The van der Waals surface area contributed by atoms with Crippen molar-refractivity contribution in [1.82, 2.24) is 0 Å². The van der Waals surface area contributed by atoms with Crippen molar-refractivity contribution in [2.24, 2.45) is 11.3 Å². The molecule has 0 aromatic carbocycles. The van der Waals surface area contributed by atoms with Crippen molar-refractivity contribution < 1.29 is 33.7 Å². The average molecular weight is 394 g/mol. The van der Waals surface area contributed by atoms with Crippen molar-refractivity contribution in [2.75, 3.05) is 26.9 Å². The molecule has 0 radical (unpaired) electrons. The van der Waals surface area contributed by atoms with E-state index in [0.717, 1.165) is 12.8 Å². The molecular weight excluding hydrogens is 364 g/mol. The fourth-order valence-electron chi connectivity index (χ4n) is 3.88. The highest BCUT2D eigenvalue weighted by Crippen LogP contribution is 2.45. The summed E-state index contributed by atoms with van der Waals surface area (Å²) in [7, 11) is 1.54. The van der Waals surface area contributed by atoms with E-state index in [2.05, 4.69) is 0 Å². The second kappa shape index (κ2) is 9.98. The largest absolute Gasteiger partial charge is 0.481 e. The molecule has 2 aliphatic carbocycles. The Balaban J connectivity index is 2.13. The summed E-state index contributed by atoms with van der Waals surface area (Å²) in [5.74, 6) is -2.55. The number of carboxylic acid groups (broad SMARTS) is 1. The number of esters is 1. The van der Waals surface area contributed by atoms with Crippen molar-refractivity contribution in [2.45, 2.75) is 51.0 Å². The molecule has 28 heavy (non-hydrogen) atoms. The third kappa shape index (κ3) is 5.29. The Morgan fingerprint density at radius 1 is 1.14 bits per heavy atom. The second-order valence-corrected chi connectivity index (χ2v) is 7.62. The van der Waals surface area contributed by atoms with Gasteiger partial charge in [-0.3, -0.25) is 14.4 Å². The molecule has 1 saturated carbocycles. The van der Waals surface area contributed by atoms with E-state index in [9.17, 15) is 19.5 Å². The van der Waals surface area contributed by atoms with Crippen LogP contribution in [-0.4, -0.2) is 55.4 Å². The quantitative estimate of drug-likeness (QED) is 0.425. The lowest BCUT2D eigenvalue weighted by molar-refractivity contribution is -0.174. The first-order valence-electron chi connectivity index (χ1n) is 9.73. The number of carboxylic acids is 1. The van der Waals surface area contributed by atoms with Crippen molar-refractivity contribution in [3.63, 3.8) is 0 Å². The van der Waals surface area contributed by atoms with Crippen LogP contribution in [0.5, 0.6) is 0 Å². The molecule has 0 bridgehead atoms. The van der Waals surface area contributed by atoms with Crippen LogP contribution in [0.3, 0.4) is 0 Å². The summed E-state index contributed by atoms with van der Waals surface area (Å²) in [6, 6.07) is 0. The van der Waals surface area contributed by atoms with Crippen LogP contribution in [0.25, 0.3) is 0 Å². The maximum atomic E-state index is 13.2. The van der Waals surface area contributed by atoms with Gasteiger partial charge in [-0.15, -0.1) is 0 Å². The van der Waals surface area contributed by atoms with Crippen molar-refractivity contribution >= 4 is 17.7 Å². The number of aliphatic carboxylic acids is 1. The van der Waals surface area contributed by atoms with E-state index in [-0.39, 0.29) is 18.8 Å². The Hall–Kier alpha value is -1.99. The van der Waals surface area contributed by atoms with Gasteiger partial charge in [0.2, 0.25) is 0 Å². The molecular formula is C21H30O7. The van der Waals surface area contributed by atoms with Gasteiger partial charge in [-0.2, -0.15) is 0 Å². The fraction of sp³-hybridized carbons (Fsp3) is 0.667. The maximum Gasteiger partial charge on any atom is 0.313 e. The summed E-state index contributed by atoms with van der Waals surface area (Å²) in [5.41, 5.74) is -2.19. The molecule has 2 rings (SSSR count). The van der Waals surface area contributed by atoms with Gasteiger partial charge in [-0.25, -0.2) is 0 Å². The highest BCUT2D eigenvalue weighted by molar-refractivity contribution is 5.91. The summed E-state index contributed by atoms with van der Waals surface area (Å²) in [6.07, 6.45) is 10.1. The summed E-state index contributed by atoms with van der Waals surface area (Å²) in [5, 5.41) is 9.61. The Bertz CT molecular complexity index is 631. The van der Waals surface area contributed by atoms with Crippen molar-refractivity contribution in [3.05, 3.63) is 24.3 Å². The number of carbonyl (C=O) groups is 3. The number of rotatable bonds is 11. The third-order valence-corrected chi connectivity index (χ3v) is 5.64. The van der Waals surface area contributed by atoms with Gasteiger partial charge >= 0.3 is 11.9 Å². The molecule has 2 atom stereocenters. The lowest BCUT2D eigenvalue weighted by Crippen LogP contribution is -2.46. The van der Waals surface area contributed by atoms with E-state index in [1.54, 1.807) is 31.4 Å². The maximum absolute atomic E-state index is 13.2. The smallest absolute Gasteiger partial charge is 0.313 e. The standard InChI is InChI=1S/C21H30O7/c1-16(22)21(10-4-3-5-11-21)28-19(25)20(8-6-7-9-20)14-17(18(23)24)15-27-13-12-26-2/h3-5,10,17H,6-9,11-15H2,1-2H3,(H,23,24). The van der Waals surface area contributed by atoms with Gasteiger partial charge in [-0.1, -0.05) is 31.1 Å². The van der Waals surface area contributed by atoms with Crippen LogP contribution in [0.15, 0.2) is 24.3 Å². The third-order valence-electron chi connectivity index (χ3n) is 5.64. The highest BCUT2D eigenvalue weighted by atomic mass is 16.6. The molecule has 2 aliphatic rings. The van der Waals surface area contributed by atoms with Gasteiger partial charge in [0.25, 0.3) is 0 Å². The van der Waals surface area contributed by atoms with Gasteiger partial charge in [0.15, 0.2) is 11.4 Å². The topological polar surface area (TPSA) is 99.1 Å². The molecule has 0 spiro atoms. The van der Waals surface area contributed by atoms with Gasteiger partial charge in [-0.05, 0) is 32.3 Å². The van der Waals surface area contributed by atoms with Crippen LogP contribution < -0.4 is 0 Å². The Morgan fingerprint density at radius 3 is 2.39 bits per heavy atom. The van der Waals surface area contributed by atoms with E-state index in [1.165, 1.54) is 6.92 Å². The fourth-order valence-corrected chi connectivity index (χ4v) is 3.88. The lowest BCUT2D eigenvalue weighted by atomic mass is 9.77. The zero-order valence-electron chi connectivity index (χ0n) is 16.6. The number of hydrogen-bond donors (Lipinski definition) is 1. The van der Waals surface area contributed by atoms with Gasteiger partial charge < -0.3 is 19.3 Å². The molecule has 2 unspecified atom stereocenters. The van der Waals surface area contributed by atoms with Crippen LogP contribution in [0.1, 0.15) is 45.4 Å². The SMILES string of the molecule is COCCOCC(CC1(C(=O)OC2(C(C)=O)C=CC=CC2)CCCC1)C(=O)O. The van der Waals surface area contributed by atoms with Crippen LogP contribution in [0.4, 0.5) is 0 Å². The number of carbonyl (C=O) groups excluding carboxylic acids is 2. The normalized spacial score (nSPS) is 24.1. The number of ether oxygens (including phenoxy) is 3. The first kappa shape index (κ1) is 22.3. The summed E-state index contributed by atoms with van der Waals surface area (Å²) >= 11 is 0. The second-order valence-electron chi connectivity index (χ2n) is 7.62. The van der Waals surface area contributed by atoms with E-state index >= 15 is 0 Å². The summed E-state index contributed by atoms with van der Waals surface area (Å²) in [4.78, 5) is 37.2. The monoisotopic (exact) mass is 394 g/mol. The van der Waals surface area contributed by atoms with E-state index < -0.39 is 28.9 Å². The first-order valence-corrected chi connectivity index (χ1v) is 9.73. The predicted octanol–water partition coefficient (Wildman–Crippen LogP) is 2.69. The molecule has 156 valence electrons. The Kier molecular flexibility index (Phi) is 7.95. The minimum atomic E-state index is -1.30. The van der Waals surface area contributed by atoms with Crippen molar-refractivity contribution in [1.29, 1.82) is 0 Å². The van der Waals surface area contributed by atoms with Crippen molar-refractivity contribution in [3.8, 4) is 0 Å². The van der Waals surface area contributed by atoms with Crippen LogP contribution in [-0.2, 0) is 28.6 Å². The summed E-state index contributed by atoms with van der Waals surface area (Å²) in [6.45, 7) is 2.08. The molecule has 0 heterocycles. The molecule has 0 aromatic heterocycles. The Morgan fingerprint density at radius 2 is 1.86 bits per heavy atom. The molecule has 0 amide bonds. The number of ketones is 1. The number of methoxy groups -OCH3 is 1. The van der Waals surface area contributed by atoms with E-state index in [1.807, 2.05) is 0 Å². The number of allylic oxidation sites excluding steroid dienone is 2. The molecule has 0 aliphatic heterocycles. The molecule has 0 saturated heterocycles. The molecule has 0 aromatic rings. The zero-order valence-corrected chi connectivity index (χ0v) is 16.6. The zero-order chi connectivity index (χ0) is 20.6. The van der Waals surface area contributed by atoms with Crippen LogP contribution in [0.2, 0.25) is 0 Å². The summed E-state index contributed by atoms with van der Waals surface area (Å²) < 4.78 is 16.1. The minimum absolute atomic E-state index is 0.00815. The molecule has 7 nitrogen and oxygen atoms in total. The van der Waals surface area contributed by atoms with E-state index in [0.29, 0.717) is 32.5 Å². The van der Waals surface area contributed by atoms with Crippen LogP contribution in [0, 0.1) is 11.3 Å². The number of hydrogen-bond acceptors (Lipinski definition) is 6. The number of Topliss-reactive ketones (excluding diaryl/α,β-unsaturated/α-hetero) is 1. The molecule has 1 N–H and O–H groups in total. The Labute approximate surface area is 165 Å².